The Morgan fingerprint density at radius 3 is 2.47 bits per heavy atom. The molecule has 1 aliphatic heterocycles. The zero-order valence-corrected chi connectivity index (χ0v) is 12.7. The van der Waals surface area contributed by atoms with E-state index < -0.39 is 5.60 Å². The van der Waals surface area contributed by atoms with Gasteiger partial charge in [0.1, 0.15) is 5.60 Å². The highest BCUT2D eigenvalue weighted by Gasteiger charge is 2.31. The molecule has 2 unspecified atom stereocenters. The molecule has 2 fully saturated rings. The largest absolute Gasteiger partial charge is 0.444 e. The van der Waals surface area contributed by atoms with E-state index in [0.29, 0.717) is 18.0 Å². The van der Waals surface area contributed by atoms with Gasteiger partial charge in [-0.15, -0.1) is 0 Å². The first-order chi connectivity index (χ1) is 8.83. The first kappa shape index (κ1) is 14.6. The molecule has 110 valence electrons. The minimum absolute atomic E-state index is 0.163. The van der Waals surface area contributed by atoms with E-state index in [-0.39, 0.29) is 6.09 Å². The molecule has 1 amide bonds. The lowest BCUT2D eigenvalue weighted by Gasteiger charge is -2.28. The van der Waals surface area contributed by atoms with Crippen LogP contribution in [-0.4, -0.2) is 41.8 Å². The second-order valence-electron chi connectivity index (χ2n) is 7.19. The van der Waals surface area contributed by atoms with Gasteiger partial charge in [0.2, 0.25) is 0 Å². The maximum absolute atomic E-state index is 12.2. The highest BCUT2D eigenvalue weighted by Crippen LogP contribution is 2.24. The Bertz CT molecular complexity index is 321. The van der Waals surface area contributed by atoms with Crippen LogP contribution in [0.1, 0.15) is 53.4 Å². The first-order valence-corrected chi connectivity index (χ1v) is 7.57. The van der Waals surface area contributed by atoms with Crippen molar-refractivity contribution in [3.05, 3.63) is 0 Å². The molecule has 2 aliphatic rings. The fourth-order valence-corrected chi connectivity index (χ4v) is 2.61. The van der Waals surface area contributed by atoms with Gasteiger partial charge in [-0.3, -0.25) is 0 Å². The van der Waals surface area contributed by atoms with Gasteiger partial charge in [-0.1, -0.05) is 6.92 Å². The number of hydrogen-bond acceptors (Lipinski definition) is 3. The summed E-state index contributed by atoms with van der Waals surface area (Å²) in [5.74, 6) is 0.670. The molecule has 2 atom stereocenters. The second kappa shape index (κ2) is 5.70. The van der Waals surface area contributed by atoms with Crippen LogP contribution >= 0.6 is 0 Å². The number of nitrogens with zero attached hydrogens (tertiary/aromatic N) is 1. The van der Waals surface area contributed by atoms with E-state index in [1.807, 2.05) is 25.7 Å². The molecular formula is C15H28N2O2. The van der Waals surface area contributed by atoms with Crippen LogP contribution in [0.5, 0.6) is 0 Å². The highest BCUT2D eigenvalue weighted by atomic mass is 16.6. The minimum atomic E-state index is -0.408. The summed E-state index contributed by atoms with van der Waals surface area (Å²) in [6.45, 7) is 9.65. The molecule has 1 saturated heterocycles. The van der Waals surface area contributed by atoms with E-state index in [4.69, 9.17) is 4.74 Å². The Labute approximate surface area is 116 Å². The zero-order chi connectivity index (χ0) is 14.0. The van der Waals surface area contributed by atoms with E-state index in [0.717, 1.165) is 25.9 Å². The third-order valence-corrected chi connectivity index (χ3v) is 3.72. The average molecular weight is 268 g/mol. The molecule has 4 heteroatoms. The van der Waals surface area contributed by atoms with Gasteiger partial charge in [0.15, 0.2) is 0 Å². The van der Waals surface area contributed by atoms with Gasteiger partial charge >= 0.3 is 6.09 Å². The van der Waals surface area contributed by atoms with Gasteiger partial charge in [-0.2, -0.15) is 0 Å². The molecule has 1 N–H and O–H groups in total. The van der Waals surface area contributed by atoms with Crippen LogP contribution in [0.2, 0.25) is 0 Å². The van der Waals surface area contributed by atoms with Crippen molar-refractivity contribution in [2.45, 2.75) is 71.1 Å². The van der Waals surface area contributed by atoms with E-state index >= 15 is 0 Å². The van der Waals surface area contributed by atoms with Crippen molar-refractivity contribution in [1.29, 1.82) is 0 Å². The number of carbonyl (C=O) groups excluding carboxylic acids is 1. The summed E-state index contributed by atoms with van der Waals surface area (Å²) in [6.07, 6.45) is 4.65. The van der Waals surface area contributed by atoms with Gasteiger partial charge < -0.3 is 15.0 Å². The summed E-state index contributed by atoms with van der Waals surface area (Å²) in [4.78, 5) is 14.1. The lowest BCUT2D eigenvalue weighted by atomic mass is 10.0. The number of ether oxygens (including phenoxy) is 1. The predicted molar refractivity (Wildman–Crippen MR) is 76.2 cm³/mol. The molecule has 1 saturated carbocycles. The SMILES string of the molecule is CC1CCN(C(=O)OC(C)(C)C)CC(NC2CC2)C1. The lowest BCUT2D eigenvalue weighted by molar-refractivity contribution is 0.0242. The minimum Gasteiger partial charge on any atom is -0.444 e. The molecule has 2 rings (SSSR count). The number of carbonyl (C=O) groups is 1. The number of nitrogens with one attached hydrogen (secondary N) is 1. The Balaban J connectivity index is 1.92. The summed E-state index contributed by atoms with van der Waals surface area (Å²) < 4.78 is 5.50. The first-order valence-electron chi connectivity index (χ1n) is 7.57. The Kier molecular flexibility index (Phi) is 4.39. The fraction of sp³-hybridized carbons (Fsp3) is 0.933. The van der Waals surface area contributed by atoms with Crippen LogP contribution in [0.3, 0.4) is 0 Å². The van der Waals surface area contributed by atoms with Gasteiger partial charge in [-0.25, -0.2) is 4.79 Å². The molecule has 1 aliphatic carbocycles. The van der Waals surface area contributed by atoms with Crippen molar-refractivity contribution in [2.24, 2.45) is 5.92 Å². The third kappa shape index (κ3) is 5.01. The van der Waals surface area contributed by atoms with E-state index in [9.17, 15) is 4.79 Å². The highest BCUT2D eigenvalue weighted by molar-refractivity contribution is 5.68. The summed E-state index contributed by atoms with van der Waals surface area (Å²) in [5.41, 5.74) is -0.408. The number of amides is 1. The monoisotopic (exact) mass is 268 g/mol. The number of likely N-dealkylation sites (tertiary alicyclic amines) is 1. The summed E-state index contributed by atoms with van der Waals surface area (Å²) in [7, 11) is 0. The van der Waals surface area contributed by atoms with Gasteiger partial charge in [0.05, 0.1) is 0 Å². The molecule has 0 aromatic carbocycles. The smallest absolute Gasteiger partial charge is 0.410 e. The number of hydrogen-bond donors (Lipinski definition) is 1. The van der Waals surface area contributed by atoms with E-state index in [2.05, 4.69) is 12.2 Å². The fourth-order valence-electron chi connectivity index (χ4n) is 2.61. The maximum Gasteiger partial charge on any atom is 0.410 e. The molecule has 0 spiro atoms. The van der Waals surface area contributed by atoms with Gasteiger partial charge in [-0.05, 0) is 52.4 Å². The van der Waals surface area contributed by atoms with Crippen LogP contribution in [0.4, 0.5) is 4.79 Å². The molecule has 0 radical (unpaired) electrons. The topological polar surface area (TPSA) is 41.6 Å². The normalized spacial score (nSPS) is 28.9. The second-order valence-corrected chi connectivity index (χ2v) is 7.19. The zero-order valence-electron chi connectivity index (χ0n) is 12.7. The van der Waals surface area contributed by atoms with Crippen molar-refractivity contribution in [1.82, 2.24) is 10.2 Å². The van der Waals surface area contributed by atoms with Crippen molar-refractivity contribution in [2.75, 3.05) is 13.1 Å². The molecular weight excluding hydrogens is 240 g/mol. The van der Waals surface area contributed by atoms with E-state index in [1.165, 1.54) is 12.8 Å². The molecule has 0 bridgehead atoms. The summed E-state index contributed by atoms with van der Waals surface area (Å²) in [6, 6.07) is 1.12. The van der Waals surface area contributed by atoms with Crippen LogP contribution < -0.4 is 5.32 Å². The quantitative estimate of drug-likeness (QED) is 0.837. The maximum atomic E-state index is 12.2. The van der Waals surface area contributed by atoms with Crippen molar-refractivity contribution >= 4 is 6.09 Å². The van der Waals surface area contributed by atoms with Crippen LogP contribution in [-0.2, 0) is 4.74 Å². The molecule has 0 aromatic heterocycles. The average Bonchev–Trinajstić information content (AvgIpc) is 3.05. The van der Waals surface area contributed by atoms with Crippen LogP contribution in [0, 0.1) is 5.92 Å². The third-order valence-electron chi connectivity index (χ3n) is 3.72. The van der Waals surface area contributed by atoms with E-state index in [1.54, 1.807) is 0 Å². The Morgan fingerprint density at radius 2 is 1.89 bits per heavy atom. The van der Waals surface area contributed by atoms with Gasteiger partial charge in [0.25, 0.3) is 0 Å². The van der Waals surface area contributed by atoms with Crippen molar-refractivity contribution < 1.29 is 9.53 Å². The molecule has 1 heterocycles. The summed E-state index contributed by atoms with van der Waals surface area (Å²) in [5, 5.41) is 3.66. The predicted octanol–water partition coefficient (Wildman–Crippen LogP) is 2.77. The van der Waals surface area contributed by atoms with Crippen molar-refractivity contribution in [3.63, 3.8) is 0 Å². The van der Waals surface area contributed by atoms with Crippen molar-refractivity contribution in [3.8, 4) is 0 Å². The standard InChI is InChI=1S/C15H28N2O2/c1-11-7-8-17(14(18)19-15(2,3)4)10-13(9-11)16-12-5-6-12/h11-13,16H,5-10H2,1-4H3. The lowest BCUT2D eigenvalue weighted by Crippen LogP contribution is -2.45. The molecule has 4 nitrogen and oxygen atoms in total. The van der Waals surface area contributed by atoms with Gasteiger partial charge in [0, 0.05) is 25.2 Å². The Hall–Kier alpha value is -0.770. The summed E-state index contributed by atoms with van der Waals surface area (Å²) >= 11 is 0. The van der Waals surface area contributed by atoms with Crippen LogP contribution in [0.25, 0.3) is 0 Å². The molecule has 0 aromatic rings. The Morgan fingerprint density at radius 1 is 1.21 bits per heavy atom. The number of rotatable bonds is 2. The van der Waals surface area contributed by atoms with Crippen LogP contribution in [0.15, 0.2) is 0 Å². The molecule has 19 heavy (non-hydrogen) atoms.